The summed E-state index contributed by atoms with van der Waals surface area (Å²) in [6.45, 7) is 1.40. The quantitative estimate of drug-likeness (QED) is 0.803. The second kappa shape index (κ2) is 8.97. The van der Waals surface area contributed by atoms with Crippen molar-refractivity contribution in [2.45, 2.75) is 19.4 Å². The van der Waals surface area contributed by atoms with Gasteiger partial charge in [0.2, 0.25) is 5.91 Å². The Hall–Kier alpha value is -2.73. The van der Waals surface area contributed by atoms with Gasteiger partial charge in [0.1, 0.15) is 6.61 Å². The highest BCUT2D eigenvalue weighted by Crippen LogP contribution is 2.30. The van der Waals surface area contributed by atoms with Gasteiger partial charge in [-0.15, -0.1) is 0 Å². The number of hydrogen-bond donors (Lipinski definition) is 1. The lowest BCUT2D eigenvalue weighted by molar-refractivity contribution is -0.123. The molecule has 3 rings (SSSR count). The van der Waals surface area contributed by atoms with Gasteiger partial charge in [-0.1, -0.05) is 23.7 Å². The zero-order chi connectivity index (χ0) is 20.1. The molecule has 0 saturated carbocycles. The van der Waals surface area contributed by atoms with Crippen molar-refractivity contribution >= 4 is 23.4 Å². The Morgan fingerprint density at radius 1 is 1.11 bits per heavy atom. The van der Waals surface area contributed by atoms with Crippen LogP contribution < -0.4 is 15.2 Å². The van der Waals surface area contributed by atoms with Gasteiger partial charge in [0.15, 0.2) is 11.5 Å². The summed E-state index contributed by atoms with van der Waals surface area (Å²) in [5.74, 6) is 0.511. The minimum atomic E-state index is -0.295. The van der Waals surface area contributed by atoms with Crippen LogP contribution in [0.1, 0.15) is 28.8 Å². The van der Waals surface area contributed by atoms with Crippen LogP contribution in [0.5, 0.6) is 11.5 Å². The summed E-state index contributed by atoms with van der Waals surface area (Å²) < 4.78 is 11.2. The number of carbonyl (C=O) groups excluding carboxylic acids is 2. The average Bonchev–Trinajstić information content (AvgIpc) is 2.72. The summed E-state index contributed by atoms with van der Waals surface area (Å²) in [6, 6.07) is 12.5. The molecule has 1 aliphatic rings. The van der Waals surface area contributed by atoms with Crippen molar-refractivity contribution in [1.29, 1.82) is 0 Å². The van der Waals surface area contributed by atoms with Crippen molar-refractivity contribution < 1.29 is 19.1 Å². The van der Waals surface area contributed by atoms with E-state index in [-0.39, 0.29) is 17.7 Å². The van der Waals surface area contributed by atoms with E-state index in [4.69, 9.17) is 26.8 Å². The van der Waals surface area contributed by atoms with E-state index in [1.165, 1.54) is 7.11 Å². The van der Waals surface area contributed by atoms with E-state index < -0.39 is 0 Å². The van der Waals surface area contributed by atoms with Crippen molar-refractivity contribution in [2.24, 2.45) is 11.7 Å². The van der Waals surface area contributed by atoms with Crippen LogP contribution in [0.3, 0.4) is 0 Å². The number of benzene rings is 2. The number of ether oxygens (including phenoxy) is 2. The molecule has 1 saturated heterocycles. The van der Waals surface area contributed by atoms with Gasteiger partial charge < -0.3 is 20.1 Å². The summed E-state index contributed by atoms with van der Waals surface area (Å²) in [4.78, 5) is 25.8. The number of nitrogens with two attached hydrogens (primary N) is 1. The number of primary amides is 1. The first-order chi connectivity index (χ1) is 13.5. The molecule has 2 N–H and O–H groups in total. The first kappa shape index (κ1) is 20.0. The summed E-state index contributed by atoms with van der Waals surface area (Å²) in [7, 11) is 1.54. The monoisotopic (exact) mass is 402 g/mol. The fourth-order valence-electron chi connectivity index (χ4n) is 3.21. The van der Waals surface area contributed by atoms with Crippen molar-refractivity contribution in [3.8, 4) is 11.5 Å². The van der Waals surface area contributed by atoms with E-state index in [0.717, 1.165) is 5.56 Å². The van der Waals surface area contributed by atoms with Crippen molar-refractivity contribution in [1.82, 2.24) is 4.90 Å². The highest BCUT2D eigenvalue weighted by molar-refractivity contribution is 6.30. The lowest BCUT2D eigenvalue weighted by Gasteiger charge is -2.30. The van der Waals surface area contributed by atoms with E-state index in [9.17, 15) is 9.59 Å². The molecule has 28 heavy (non-hydrogen) atoms. The smallest absolute Gasteiger partial charge is 0.253 e. The third-order valence-electron chi connectivity index (χ3n) is 4.90. The van der Waals surface area contributed by atoms with E-state index >= 15 is 0 Å². The molecule has 0 atom stereocenters. The van der Waals surface area contributed by atoms with Crippen LogP contribution >= 0.6 is 11.6 Å². The zero-order valence-electron chi connectivity index (χ0n) is 15.7. The number of likely N-dealkylation sites (tertiary alicyclic amines) is 1. The Morgan fingerprint density at radius 2 is 1.79 bits per heavy atom. The van der Waals surface area contributed by atoms with Gasteiger partial charge in [-0.05, 0) is 48.7 Å². The van der Waals surface area contributed by atoms with Crippen LogP contribution in [0.25, 0.3) is 0 Å². The van der Waals surface area contributed by atoms with E-state index in [1.807, 2.05) is 12.1 Å². The number of rotatable bonds is 6. The molecule has 1 aliphatic heterocycles. The molecule has 0 unspecified atom stereocenters. The van der Waals surface area contributed by atoms with Crippen molar-refractivity contribution in [3.63, 3.8) is 0 Å². The molecule has 0 radical (unpaired) electrons. The summed E-state index contributed by atoms with van der Waals surface area (Å²) in [6.07, 6.45) is 1.20. The van der Waals surface area contributed by atoms with Gasteiger partial charge in [-0.25, -0.2) is 0 Å². The topological polar surface area (TPSA) is 81.9 Å². The van der Waals surface area contributed by atoms with Gasteiger partial charge >= 0.3 is 0 Å². The van der Waals surface area contributed by atoms with Gasteiger partial charge in [0.25, 0.3) is 5.91 Å². The predicted molar refractivity (Wildman–Crippen MR) is 107 cm³/mol. The molecule has 0 spiro atoms. The Labute approximate surface area is 169 Å². The minimum absolute atomic E-state index is 0.0922. The molecule has 148 valence electrons. The van der Waals surface area contributed by atoms with E-state index in [2.05, 4.69) is 0 Å². The summed E-state index contributed by atoms with van der Waals surface area (Å²) in [5.41, 5.74) is 6.85. The number of methoxy groups -OCH3 is 1. The summed E-state index contributed by atoms with van der Waals surface area (Å²) >= 11 is 5.89. The highest BCUT2D eigenvalue weighted by Gasteiger charge is 2.26. The SMILES string of the molecule is COc1cc(C(=O)N2CCC(C(N)=O)CC2)ccc1OCc1ccc(Cl)cc1. The maximum atomic E-state index is 12.8. The minimum Gasteiger partial charge on any atom is -0.493 e. The van der Waals surface area contributed by atoms with Gasteiger partial charge in [0.05, 0.1) is 7.11 Å². The molecular formula is C21H23ClN2O4. The zero-order valence-corrected chi connectivity index (χ0v) is 16.4. The molecule has 2 aromatic rings. The number of carbonyl (C=O) groups is 2. The van der Waals surface area contributed by atoms with E-state index in [0.29, 0.717) is 54.6 Å². The Kier molecular flexibility index (Phi) is 6.41. The maximum absolute atomic E-state index is 12.8. The Bertz CT molecular complexity index is 846. The molecule has 6 nitrogen and oxygen atoms in total. The second-order valence-electron chi connectivity index (χ2n) is 6.75. The summed E-state index contributed by atoms with van der Waals surface area (Å²) in [5, 5.41) is 0.670. The predicted octanol–water partition coefficient (Wildman–Crippen LogP) is 3.27. The maximum Gasteiger partial charge on any atom is 0.253 e. The normalized spacial score (nSPS) is 14.6. The number of halogens is 1. The van der Waals surface area contributed by atoms with Gasteiger partial charge in [0, 0.05) is 29.6 Å². The lowest BCUT2D eigenvalue weighted by atomic mass is 9.96. The van der Waals surface area contributed by atoms with E-state index in [1.54, 1.807) is 35.2 Å². The van der Waals surface area contributed by atoms with Crippen molar-refractivity contribution in [2.75, 3.05) is 20.2 Å². The number of hydrogen-bond acceptors (Lipinski definition) is 4. The largest absolute Gasteiger partial charge is 0.493 e. The molecule has 1 heterocycles. The molecule has 1 fully saturated rings. The molecule has 7 heteroatoms. The standard InChI is InChI=1S/C21H23ClN2O4/c1-27-19-12-16(21(26)24-10-8-15(9-11-24)20(23)25)4-7-18(19)28-13-14-2-5-17(22)6-3-14/h2-7,12,15H,8-11,13H2,1H3,(H2,23,25). The number of piperidine rings is 1. The second-order valence-corrected chi connectivity index (χ2v) is 7.19. The third-order valence-corrected chi connectivity index (χ3v) is 5.15. The third kappa shape index (κ3) is 4.75. The first-order valence-electron chi connectivity index (χ1n) is 9.12. The van der Waals surface area contributed by atoms with Crippen molar-refractivity contribution in [3.05, 3.63) is 58.6 Å². The molecule has 2 aromatic carbocycles. The van der Waals surface area contributed by atoms with Crippen LogP contribution in [-0.2, 0) is 11.4 Å². The first-order valence-corrected chi connectivity index (χ1v) is 9.49. The van der Waals surface area contributed by atoms with Gasteiger partial charge in [-0.3, -0.25) is 9.59 Å². The van der Waals surface area contributed by atoms with Crippen LogP contribution in [0.4, 0.5) is 0 Å². The van der Waals surface area contributed by atoms with Crippen LogP contribution in [0, 0.1) is 5.92 Å². The molecule has 0 aromatic heterocycles. The number of amides is 2. The van der Waals surface area contributed by atoms with Crippen LogP contribution in [-0.4, -0.2) is 36.9 Å². The van der Waals surface area contributed by atoms with Gasteiger partial charge in [-0.2, -0.15) is 0 Å². The Morgan fingerprint density at radius 3 is 2.39 bits per heavy atom. The van der Waals surface area contributed by atoms with Crippen LogP contribution in [0.15, 0.2) is 42.5 Å². The molecular weight excluding hydrogens is 380 g/mol. The number of nitrogens with zero attached hydrogens (tertiary/aromatic N) is 1. The van der Waals surface area contributed by atoms with Crippen LogP contribution in [0.2, 0.25) is 5.02 Å². The fraction of sp³-hybridized carbons (Fsp3) is 0.333. The highest BCUT2D eigenvalue weighted by atomic mass is 35.5. The molecule has 0 aliphatic carbocycles. The lowest BCUT2D eigenvalue weighted by Crippen LogP contribution is -2.41. The molecule has 0 bridgehead atoms. The molecule has 2 amide bonds. The fourth-order valence-corrected chi connectivity index (χ4v) is 3.34. The Balaban J connectivity index is 1.66. The average molecular weight is 403 g/mol.